The maximum atomic E-state index is 9.04. The van der Waals surface area contributed by atoms with Gasteiger partial charge in [-0.3, -0.25) is 5.10 Å². The first-order valence-corrected chi connectivity index (χ1v) is 6.30. The van der Waals surface area contributed by atoms with Crippen LogP contribution in [0.4, 0.5) is 11.4 Å². The van der Waals surface area contributed by atoms with E-state index in [4.69, 9.17) is 10.8 Å². The number of hydrogen-bond acceptors (Lipinski definition) is 4. The molecule has 1 aromatic carbocycles. The fourth-order valence-corrected chi connectivity index (χ4v) is 2.37. The zero-order valence-electron chi connectivity index (χ0n) is 10.2. The number of aliphatic hydroxyl groups excluding tert-OH is 1. The second-order valence-corrected chi connectivity index (χ2v) is 5.22. The smallest absolute Gasteiger partial charge is 0.0672 e. The van der Waals surface area contributed by atoms with E-state index in [1.54, 1.807) is 6.20 Å². The molecule has 1 saturated carbocycles. The van der Waals surface area contributed by atoms with Crippen molar-refractivity contribution in [3.05, 3.63) is 18.3 Å². The van der Waals surface area contributed by atoms with Crippen LogP contribution >= 0.6 is 0 Å². The van der Waals surface area contributed by atoms with Crippen LogP contribution in [0.3, 0.4) is 0 Å². The van der Waals surface area contributed by atoms with Gasteiger partial charge in [0.25, 0.3) is 0 Å². The van der Waals surface area contributed by atoms with Gasteiger partial charge in [0, 0.05) is 18.5 Å². The van der Waals surface area contributed by atoms with Gasteiger partial charge in [-0.2, -0.15) is 5.10 Å². The van der Waals surface area contributed by atoms with Gasteiger partial charge in [-0.05, 0) is 36.8 Å². The molecule has 1 fully saturated rings. The summed E-state index contributed by atoms with van der Waals surface area (Å²) in [5.41, 5.74) is 8.96. The topological polar surface area (TPSA) is 87.0 Å². The highest BCUT2D eigenvalue weighted by Gasteiger charge is 2.41. The predicted molar refractivity (Wildman–Crippen MR) is 72.4 cm³/mol. The van der Waals surface area contributed by atoms with Crippen molar-refractivity contribution < 1.29 is 5.11 Å². The SMILES string of the molecule is Nc1cc2cn[nH]c2cc1NCC1(CCO)CC1. The first-order chi connectivity index (χ1) is 8.72. The number of hydrogen-bond donors (Lipinski definition) is 4. The largest absolute Gasteiger partial charge is 0.397 e. The standard InChI is InChI=1S/C13H18N4O/c14-10-5-9-7-16-17-11(9)6-12(10)15-8-13(1-2-13)3-4-18/h5-7,15,18H,1-4,8,14H2,(H,16,17). The Bertz CT molecular complexity index is 559. The van der Waals surface area contributed by atoms with Crippen molar-refractivity contribution >= 4 is 22.3 Å². The number of nitrogen functional groups attached to an aromatic ring is 1. The molecule has 1 aliphatic rings. The van der Waals surface area contributed by atoms with Gasteiger partial charge in [-0.25, -0.2) is 0 Å². The number of nitrogens with zero attached hydrogens (tertiary/aromatic N) is 1. The Morgan fingerprint density at radius 1 is 1.44 bits per heavy atom. The highest BCUT2D eigenvalue weighted by molar-refractivity contribution is 5.88. The van der Waals surface area contributed by atoms with Crippen LogP contribution in [0.25, 0.3) is 10.9 Å². The minimum absolute atomic E-state index is 0.261. The summed E-state index contributed by atoms with van der Waals surface area (Å²) in [5.74, 6) is 0. The Kier molecular flexibility index (Phi) is 2.63. The number of H-pyrrole nitrogens is 1. The van der Waals surface area contributed by atoms with E-state index in [2.05, 4.69) is 15.5 Å². The van der Waals surface area contributed by atoms with E-state index in [9.17, 15) is 0 Å². The molecule has 0 atom stereocenters. The molecule has 0 unspecified atom stereocenters. The Morgan fingerprint density at radius 2 is 2.28 bits per heavy atom. The van der Waals surface area contributed by atoms with Gasteiger partial charge >= 0.3 is 0 Å². The van der Waals surface area contributed by atoms with Crippen LogP contribution in [-0.4, -0.2) is 28.5 Å². The van der Waals surface area contributed by atoms with Gasteiger partial charge < -0.3 is 16.2 Å². The lowest BCUT2D eigenvalue weighted by atomic mass is 10.0. The highest BCUT2D eigenvalue weighted by atomic mass is 16.3. The van der Waals surface area contributed by atoms with Crippen molar-refractivity contribution in [2.75, 3.05) is 24.2 Å². The summed E-state index contributed by atoms with van der Waals surface area (Å²) >= 11 is 0. The number of nitrogens with one attached hydrogen (secondary N) is 2. The average Bonchev–Trinajstić information content (AvgIpc) is 2.97. The van der Waals surface area contributed by atoms with Gasteiger partial charge in [0.1, 0.15) is 0 Å². The average molecular weight is 246 g/mol. The van der Waals surface area contributed by atoms with Crippen molar-refractivity contribution in [3.63, 3.8) is 0 Å². The fraction of sp³-hybridized carbons (Fsp3) is 0.462. The quantitative estimate of drug-likeness (QED) is 0.605. The van der Waals surface area contributed by atoms with Crippen molar-refractivity contribution in [1.82, 2.24) is 10.2 Å². The van der Waals surface area contributed by atoms with E-state index in [1.807, 2.05) is 12.1 Å². The third-order valence-electron chi connectivity index (χ3n) is 3.86. The number of rotatable bonds is 5. The number of aromatic nitrogens is 2. The molecule has 96 valence electrons. The van der Waals surface area contributed by atoms with Gasteiger partial charge in [0.2, 0.25) is 0 Å². The van der Waals surface area contributed by atoms with Gasteiger partial charge in [0.15, 0.2) is 0 Å². The third kappa shape index (κ3) is 2.01. The van der Waals surface area contributed by atoms with Crippen molar-refractivity contribution in [1.29, 1.82) is 0 Å². The van der Waals surface area contributed by atoms with E-state index in [1.165, 1.54) is 12.8 Å². The second-order valence-electron chi connectivity index (χ2n) is 5.22. The lowest BCUT2D eigenvalue weighted by Gasteiger charge is -2.16. The van der Waals surface area contributed by atoms with Crippen LogP contribution in [0.15, 0.2) is 18.3 Å². The summed E-state index contributed by atoms with van der Waals surface area (Å²) in [6.07, 6.45) is 5.01. The zero-order chi connectivity index (χ0) is 12.6. The summed E-state index contributed by atoms with van der Waals surface area (Å²) in [7, 11) is 0. The number of nitrogens with two attached hydrogens (primary N) is 1. The molecule has 1 heterocycles. The van der Waals surface area contributed by atoms with Gasteiger partial charge in [-0.15, -0.1) is 0 Å². The molecule has 1 aliphatic carbocycles. The van der Waals surface area contributed by atoms with E-state index in [0.29, 0.717) is 0 Å². The zero-order valence-corrected chi connectivity index (χ0v) is 10.2. The lowest BCUT2D eigenvalue weighted by molar-refractivity contribution is 0.253. The van der Waals surface area contributed by atoms with Crippen LogP contribution in [-0.2, 0) is 0 Å². The molecule has 0 spiro atoms. The Balaban J connectivity index is 1.76. The molecule has 0 saturated heterocycles. The van der Waals surface area contributed by atoms with E-state index in [-0.39, 0.29) is 12.0 Å². The molecule has 0 bridgehead atoms. The molecule has 2 aromatic rings. The summed E-state index contributed by atoms with van der Waals surface area (Å²) in [5, 5.41) is 20.4. The molecule has 0 aliphatic heterocycles. The van der Waals surface area contributed by atoms with Crippen molar-refractivity contribution in [2.45, 2.75) is 19.3 Å². The predicted octanol–water partition coefficient (Wildman–Crippen LogP) is 1.72. The molecule has 5 N–H and O–H groups in total. The fourth-order valence-electron chi connectivity index (χ4n) is 2.37. The number of anilines is 2. The second kappa shape index (κ2) is 4.17. The summed E-state index contributed by atoms with van der Waals surface area (Å²) in [6, 6.07) is 3.92. The summed E-state index contributed by atoms with van der Waals surface area (Å²) < 4.78 is 0. The van der Waals surface area contributed by atoms with Crippen LogP contribution in [0.5, 0.6) is 0 Å². The maximum absolute atomic E-state index is 9.04. The van der Waals surface area contributed by atoms with Gasteiger partial charge in [0.05, 0.1) is 23.1 Å². The number of aliphatic hydroxyl groups is 1. The van der Waals surface area contributed by atoms with Crippen LogP contribution < -0.4 is 11.1 Å². The first kappa shape index (κ1) is 11.3. The van der Waals surface area contributed by atoms with E-state index >= 15 is 0 Å². The highest BCUT2D eigenvalue weighted by Crippen LogP contribution is 2.48. The Hall–Kier alpha value is -1.75. The van der Waals surface area contributed by atoms with Crippen molar-refractivity contribution in [3.8, 4) is 0 Å². The summed E-state index contributed by atoms with van der Waals surface area (Å²) in [4.78, 5) is 0. The molecule has 0 radical (unpaired) electrons. The monoisotopic (exact) mass is 246 g/mol. The molecule has 18 heavy (non-hydrogen) atoms. The molecule has 5 nitrogen and oxygen atoms in total. The van der Waals surface area contributed by atoms with Crippen LogP contribution in [0.2, 0.25) is 0 Å². The minimum atomic E-state index is 0.261. The molecule has 3 rings (SSSR count). The molecule has 1 aromatic heterocycles. The number of fused-ring (bicyclic) bond motifs is 1. The van der Waals surface area contributed by atoms with Gasteiger partial charge in [-0.1, -0.05) is 0 Å². The number of aromatic amines is 1. The van der Waals surface area contributed by atoms with Crippen LogP contribution in [0, 0.1) is 5.41 Å². The van der Waals surface area contributed by atoms with E-state index in [0.717, 1.165) is 35.2 Å². The molecular weight excluding hydrogens is 228 g/mol. The number of benzene rings is 1. The van der Waals surface area contributed by atoms with Crippen LogP contribution in [0.1, 0.15) is 19.3 Å². The maximum Gasteiger partial charge on any atom is 0.0672 e. The minimum Gasteiger partial charge on any atom is -0.397 e. The van der Waals surface area contributed by atoms with Crippen molar-refractivity contribution in [2.24, 2.45) is 5.41 Å². The molecular formula is C13H18N4O. The molecule has 5 heteroatoms. The Labute approximate surface area is 105 Å². The Morgan fingerprint density at radius 3 is 3.00 bits per heavy atom. The normalized spacial score (nSPS) is 16.9. The third-order valence-corrected chi connectivity index (χ3v) is 3.86. The lowest BCUT2D eigenvalue weighted by Crippen LogP contribution is -2.17. The van der Waals surface area contributed by atoms with E-state index < -0.39 is 0 Å². The summed E-state index contributed by atoms with van der Waals surface area (Å²) in [6.45, 7) is 1.13. The first-order valence-electron chi connectivity index (χ1n) is 6.30. The molecule has 0 amide bonds.